The minimum absolute atomic E-state index is 0. The van der Waals surface area contributed by atoms with Crippen molar-refractivity contribution < 1.29 is 25.2 Å². The van der Waals surface area contributed by atoms with Crippen LogP contribution in [0.4, 0.5) is 0 Å². The van der Waals surface area contributed by atoms with E-state index in [1.165, 1.54) is 0 Å². The molecule has 0 aliphatic carbocycles. The average Bonchev–Trinajstić information content (AvgIpc) is 1.41. The number of unbranched alkanes of at least 4 members (excludes halogenated alkanes) is 1. The van der Waals surface area contributed by atoms with Crippen LogP contribution in [0.25, 0.3) is 0 Å². The quantitative estimate of drug-likeness (QED) is 0.455. The Kier molecular flexibility index (Phi) is 14.4. The molecule has 0 spiro atoms. The fourth-order valence-electron chi connectivity index (χ4n) is 0.118. The standard InChI is InChI=1S/C4H8O.Pd/c1-2-3-4-5;/h4H,2-3H2,1H3;. The molecule has 0 aromatic carbocycles. The third-order valence-corrected chi connectivity index (χ3v) is 0.407. The number of hydrogen-bond acceptors (Lipinski definition) is 1. The number of aldehydes is 1. The van der Waals surface area contributed by atoms with Crippen molar-refractivity contribution in [3.05, 3.63) is 0 Å². The van der Waals surface area contributed by atoms with Gasteiger partial charge in [0.1, 0.15) is 6.29 Å². The van der Waals surface area contributed by atoms with Crippen LogP contribution >= 0.6 is 0 Å². The summed E-state index contributed by atoms with van der Waals surface area (Å²) in [5.74, 6) is 0. The normalized spacial score (nSPS) is 6.17. The molecule has 0 radical (unpaired) electrons. The molecule has 2 heteroatoms. The molecule has 40 valence electrons. The zero-order valence-corrected chi connectivity index (χ0v) is 5.27. The second kappa shape index (κ2) is 9.01. The predicted molar refractivity (Wildman–Crippen MR) is 21.0 cm³/mol. The summed E-state index contributed by atoms with van der Waals surface area (Å²) in [4.78, 5) is 9.40. The smallest absolute Gasteiger partial charge is 0.119 e. The fraction of sp³-hybridized carbons (Fsp3) is 0.750. The van der Waals surface area contributed by atoms with E-state index in [1.807, 2.05) is 6.92 Å². The zero-order valence-electron chi connectivity index (χ0n) is 3.72. The van der Waals surface area contributed by atoms with Gasteiger partial charge in [-0.2, -0.15) is 0 Å². The third-order valence-electron chi connectivity index (χ3n) is 0.407. The van der Waals surface area contributed by atoms with Gasteiger partial charge in [0.15, 0.2) is 0 Å². The molecule has 0 saturated carbocycles. The molecule has 0 aliphatic rings. The Morgan fingerprint density at radius 3 is 2.17 bits per heavy atom. The molecule has 0 aromatic rings. The Morgan fingerprint density at radius 2 is 2.17 bits per heavy atom. The maximum Gasteiger partial charge on any atom is 0.119 e. The summed E-state index contributed by atoms with van der Waals surface area (Å²) < 4.78 is 0. The van der Waals surface area contributed by atoms with Crippen molar-refractivity contribution in [2.24, 2.45) is 0 Å². The van der Waals surface area contributed by atoms with Crippen LogP contribution in [0, 0.1) is 0 Å². The van der Waals surface area contributed by atoms with E-state index in [0.717, 1.165) is 12.7 Å². The van der Waals surface area contributed by atoms with Gasteiger partial charge in [0.05, 0.1) is 0 Å². The zero-order chi connectivity index (χ0) is 4.12. The number of carbonyl (C=O) groups is 1. The van der Waals surface area contributed by atoms with Crippen LogP contribution in [-0.4, -0.2) is 6.29 Å². The van der Waals surface area contributed by atoms with Crippen molar-refractivity contribution in [3.8, 4) is 0 Å². The van der Waals surface area contributed by atoms with E-state index in [1.54, 1.807) is 0 Å². The molecule has 0 atom stereocenters. The van der Waals surface area contributed by atoms with Crippen LogP contribution in [0.2, 0.25) is 0 Å². The summed E-state index contributed by atoms with van der Waals surface area (Å²) in [5.41, 5.74) is 0. The second-order valence-corrected chi connectivity index (χ2v) is 0.955. The van der Waals surface area contributed by atoms with Crippen LogP contribution in [0.5, 0.6) is 0 Å². The van der Waals surface area contributed by atoms with Crippen molar-refractivity contribution in [1.82, 2.24) is 0 Å². The van der Waals surface area contributed by atoms with E-state index in [9.17, 15) is 4.79 Å². The largest absolute Gasteiger partial charge is 0.303 e. The van der Waals surface area contributed by atoms with Crippen molar-refractivity contribution in [2.75, 3.05) is 0 Å². The summed E-state index contributed by atoms with van der Waals surface area (Å²) in [7, 11) is 0. The molecule has 0 bridgehead atoms. The van der Waals surface area contributed by atoms with Gasteiger partial charge in [-0.05, 0) is 6.42 Å². The van der Waals surface area contributed by atoms with Crippen molar-refractivity contribution in [2.45, 2.75) is 19.8 Å². The molecule has 0 rings (SSSR count). The van der Waals surface area contributed by atoms with Crippen LogP contribution in [0.1, 0.15) is 19.8 Å². The molecule has 0 heterocycles. The van der Waals surface area contributed by atoms with Crippen molar-refractivity contribution in [3.63, 3.8) is 0 Å². The fourth-order valence-corrected chi connectivity index (χ4v) is 0.118. The second-order valence-electron chi connectivity index (χ2n) is 0.955. The van der Waals surface area contributed by atoms with Crippen molar-refractivity contribution in [1.29, 1.82) is 0 Å². The van der Waals surface area contributed by atoms with Gasteiger partial charge >= 0.3 is 0 Å². The summed E-state index contributed by atoms with van der Waals surface area (Å²) in [6.45, 7) is 1.98. The van der Waals surface area contributed by atoms with Gasteiger partial charge in [-0.15, -0.1) is 0 Å². The Balaban J connectivity index is 0. The third kappa shape index (κ3) is 8.84. The minimum Gasteiger partial charge on any atom is -0.303 e. The number of rotatable bonds is 2. The van der Waals surface area contributed by atoms with Gasteiger partial charge in [0, 0.05) is 26.8 Å². The van der Waals surface area contributed by atoms with Crippen molar-refractivity contribution >= 4 is 6.29 Å². The van der Waals surface area contributed by atoms with Crippen LogP contribution < -0.4 is 0 Å². The molecule has 0 unspecified atom stereocenters. The molecule has 0 aromatic heterocycles. The molecule has 0 saturated heterocycles. The van der Waals surface area contributed by atoms with Gasteiger partial charge in [-0.1, -0.05) is 6.92 Å². The van der Waals surface area contributed by atoms with E-state index in [-0.39, 0.29) is 20.4 Å². The molecule has 0 N–H and O–H groups in total. The van der Waals surface area contributed by atoms with Crippen LogP contribution in [0.3, 0.4) is 0 Å². The number of carbonyl (C=O) groups excluding carboxylic acids is 1. The Hall–Kier alpha value is 0.332. The predicted octanol–water partition coefficient (Wildman–Crippen LogP) is 0.983. The monoisotopic (exact) mass is 178 g/mol. The summed E-state index contributed by atoms with van der Waals surface area (Å²) in [6.07, 6.45) is 2.61. The van der Waals surface area contributed by atoms with Gasteiger partial charge in [-0.3, -0.25) is 0 Å². The van der Waals surface area contributed by atoms with E-state index >= 15 is 0 Å². The summed E-state index contributed by atoms with van der Waals surface area (Å²) in [5, 5.41) is 0. The van der Waals surface area contributed by atoms with Crippen LogP contribution in [0.15, 0.2) is 0 Å². The summed E-state index contributed by atoms with van der Waals surface area (Å²) in [6, 6.07) is 0. The van der Waals surface area contributed by atoms with Gasteiger partial charge in [-0.25, -0.2) is 0 Å². The topological polar surface area (TPSA) is 17.1 Å². The first-order valence-corrected chi connectivity index (χ1v) is 1.85. The summed E-state index contributed by atoms with van der Waals surface area (Å²) >= 11 is 0. The van der Waals surface area contributed by atoms with E-state index in [4.69, 9.17) is 0 Å². The molecule has 0 amide bonds. The van der Waals surface area contributed by atoms with E-state index in [0.29, 0.717) is 6.42 Å². The van der Waals surface area contributed by atoms with Gasteiger partial charge in [0.2, 0.25) is 0 Å². The van der Waals surface area contributed by atoms with E-state index < -0.39 is 0 Å². The molecule has 6 heavy (non-hydrogen) atoms. The van der Waals surface area contributed by atoms with E-state index in [2.05, 4.69) is 0 Å². The molecular weight excluding hydrogens is 170 g/mol. The first kappa shape index (κ1) is 9.59. The molecule has 0 fully saturated rings. The molecular formula is C4H8OPd. The Bertz CT molecular complexity index is 28.7. The minimum atomic E-state index is 0. The van der Waals surface area contributed by atoms with Gasteiger partial charge < -0.3 is 4.79 Å². The Morgan fingerprint density at radius 1 is 1.67 bits per heavy atom. The Labute approximate surface area is 51.8 Å². The SMILES string of the molecule is CCCC=O.[Pd]. The average molecular weight is 179 g/mol. The first-order chi connectivity index (χ1) is 2.41. The number of hydrogen-bond donors (Lipinski definition) is 0. The van der Waals surface area contributed by atoms with Crippen LogP contribution in [-0.2, 0) is 25.2 Å². The maximum atomic E-state index is 9.40. The maximum absolute atomic E-state index is 9.40. The molecule has 0 aliphatic heterocycles. The van der Waals surface area contributed by atoms with Gasteiger partial charge in [0.25, 0.3) is 0 Å². The first-order valence-electron chi connectivity index (χ1n) is 1.85. The molecule has 1 nitrogen and oxygen atoms in total.